The first-order valence-corrected chi connectivity index (χ1v) is 18.7. The summed E-state index contributed by atoms with van der Waals surface area (Å²) in [6.45, 7) is 0. The molecule has 1 atom stereocenters. The number of amidine groups is 1. The number of benzene rings is 6. The minimum absolute atomic E-state index is 0.137. The highest BCUT2D eigenvalue weighted by Gasteiger charge is 2.44. The zero-order valence-electron chi connectivity index (χ0n) is 27.6. The molecule has 1 fully saturated rings. The van der Waals surface area contributed by atoms with Crippen LogP contribution in [0.4, 0.5) is 5.69 Å². The van der Waals surface area contributed by atoms with Gasteiger partial charge in [0.1, 0.15) is 23.0 Å². The van der Waals surface area contributed by atoms with Gasteiger partial charge in [-0.1, -0.05) is 135 Å². The summed E-state index contributed by atoms with van der Waals surface area (Å²) in [4.78, 5) is 6.62. The molecule has 240 valence electrons. The van der Waals surface area contributed by atoms with E-state index >= 15 is 0 Å². The Labute approximate surface area is 294 Å². The third-order valence-electron chi connectivity index (χ3n) is 11.6. The third kappa shape index (κ3) is 4.00. The molecule has 8 aromatic rings. The molecule has 0 saturated heterocycles. The number of nitrogens with one attached hydrogen (secondary N) is 1. The van der Waals surface area contributed by atoms with Gasteiger partial charge in [-0.2, -0.15) is 0 Å². The van der Waals surface area contributed by atoms with Crippen LogP contribution in [0.3, 0.4) is 0 Å². The van der Waals surface area contributed by atoms with E-state index in [1.165, 1.54) is 80.4 Å². The van der Waals surface area contributed by atoms with Crippen molar-refractivity contribution in [2.75, 3.05) is 5.32 Å². The summed E-state index contributed by atoms with van der Waals surface area (Å²) in [5.41, 5.74) is 13.6. The number of anilines is 1. The normalized spacial score (nSPS) is 17.4. The van der Waals surface area contributed by atoms with Gasteiger partial charge in [-0.05, 0) is 64.4 Å². The van der Waals surface area contributed by atoms with Crippen molar-refractivity contribution in [1.82, 2.24) is 0 Å². The number of thiophene rings is 1. The largest absolute Gasteiger partial charge is 0.456 e. The van der Waals surface area contributed by atoms with Gasteiger partial charge >= 0.3 is 0 Å². The molecule has 3 nitrogen and oxygen atoms in total. The van der Waals surface area contributed by atoms with E-state index in [2.05, 4.69) is 139 Å². The lowest BCUT2D eigenvalue weighted by Gasteiger charge is -2.36. The molecule has 2 aromatic heterocycles. The molecule has 1 unspecified atom stereocenters. The number of hydrogen-bond acceptors (Lipinski definition) is 4. The third-order valence-corrected chi connectivity index (χ3v) is 12.8. The van der Waals surface area contributed by atoms with Crippen LogP contribution in [0.1, 0.15) is 65.3 Å². The Hall–Kier alpha value is -5.45. The smallest absolute Gasteiger partial charge is 0.141 e. The summed E-state index contributed by atoms with van der Waals surface area (Å²) < 4.78 is 8.20. The van der Waals surface area contributed by atoms with Crippen LogP contribution in [0, 0.1) is 0 Å². The maximum Gasteiger partial charge on any atom is 0.141 e. The van der Waals surface area contributed by atoms with Crippen molar-refractivity contribution >= 4 is 54.9 Å². The predicted molar refractivity (Wildman–Crippen MR) is 209 cm³/mol. The van der Waals surface area contributed by atoms with E-state index < -0.39 is 0 Å². The van der Waals surface area contributed by atoms with Gasteiger partial charge < -0.3 is 9.73 Å². The first-order valence-electron chi connectivity index (χ1n) is 17.9. The topological polar surface area (TPSA) is 37.5 Å². The fraction of sp³-hybridized carbons (Fsp3) is 0.152. The highest BCUT2D eigenvalue weighted by atomic mass is 32.1. The molecule has 1 saturated carbocycles. The Morgan fingerprint density at radius 1 is 0.640 bits per heavy atom. The van der Waals surface area contributed by atoms with Crippen molar-refractivity contribution in [3.8, 4) is 22.3 Å². The molecule has 1 N–H and O–H groups in total. The number of fused-ring (bicyclic) bond motifs is 11. The van der Waals surface area contributed by atoms with E-state index in [0.717, 1.165) is 44.6 Å². The number of aliphatic imine (C=N–C) groups is 1. The monoisotopic (exact) mass is 662 g/mol. The van der Waals surface area contributed by atoms with Crippen LogP contribution in [0.2, 0.25) is 0 Å². The SMILES string of the molecule is c1ccc(C2=NC(c3cccc4c3oc3cc(-c5cccc6c5-c5ccccc5C65CCCCC5)ccc34)c3sc4ccccc4c3N2)cc1. The molecule has 2 aliphatic carbocycles. The average molecular weight is 663 g/mol. The van der Waals surface area contributed by atoms with Crippen LogP contribution >= 0.6 is 11.3 Å². The van der Waals surface area contributed by atoms with Crippen molar-refractivity contribution < 1.29 is 4.42 Å². The van der Waals surface area contributed by atoms with Crippen molar-refractivity contribution in [1.29, 1.82) is 0 Å². The minimum atomic E-state index is -0.192. The van der Waals surface area contributed by atoms with Crippen LogP contribution in [0.15, 0.2) is 143 Å². The molecular formula is C46H34N2OS. The van der Waals surface area contributed by atoms with E-state index in [1.54, 1.807) is 0 Å². The first-order chi connectivity index (χ1) is 24.8. The fourth-order valence-corrected chi connectivity index (χ4v) is 10.5. The standard InChI is InChI=1S/C46H34N2OS/c1-3-13-28(14-4-1)45-47-41-34-16-6-8-22-39(34)50-44(41)42(48-45)35-19-11-18-32-31-24-23-29(27-38(31)49-43(32)35)30-17-12-21-37-40(30)33-15-5-7-20-36(33)46(37)25-9-2-10-26-46/h1,3-8,11-24,27,42H,2,9-10,25-26H2,(H,47,48). The highest BCUT2D eigenvalue weighted by Crippen LogP contribution is 2.58. The van der Waals surface area contributed by atoms with Gasteiger partial charge in [0.05, 0.1) is 10.6 Å². The first kappa shape index (κ1) is 28.4. The minimum Gasteiger partial charge on any atom is -0.456 e. The van der Waals surface area contributed by atoms with Gasteiger partial charge in [0.15, 0.2) is 0 Å². The van der Waals surface area contributed by atoms with Crippen LogP contribution < -0.4 is 5.32 Å². The Morgan fingerprint density at radius 2 is 1.40 bits per heavy atom. The highest BCUT2D eigenvalue weighted by molar-refractivity contribution is 7.20. The molecule has 3 aliphatic rings. The van der Waals surface area contributed by atoms with Gasteiger partial charge in [-0.15, -0.1) is 11.3 Å². The number of furan rings is 1. The summed E-state index contributed by atoms with van der Waals surface area (Å²) >= 11 is 1.82. The maximum atomic E-state index is 6.94. The van der Waals surface area contributed by atoms with E-state index in [4.69, 9.17) is 9.41 Å². The van der Waals surface area contributed by atoms with Gasteiger partial charge in [-0.25, -0.2) is 0 Å². The van der Waals surface area contributed by atoms with Crippen LogP contribution in [0.25, 0.3) is 54.3 Å². The second-order valence-corrected chi connectivity index (χ2v) is 15.2. The summed E-state index contributed by atoms with van der Waals surface area (Å²) in [7, 11) is 0. The molecule has 1 aliphatic heterocycles. The molecule has 3 heterocycles. The molecule has 4 heteroatoms. The quantitative estimate of drug-likeness (QED) is 0.204. The number of rotatable bonds is 3. The summed E-state index contributed by atoms with van der Waals surface area (Å²) in [5.74, 6) is 0.885. The summed E-state index contributed by atoms with van der Waals surface area (Å²) in [5, 5.41) is 7.22. The Bertz CT molecular complexity index is 2670. The molecule has 0 bridgehead atoms. The van der Waals surface area contributed by atoms with E-state index in [0.29, 0.717) is 0 Å². The second-order valence-electron chi connectivity index (χ2n) is 14.2. The van der Waals surface area contributed by atoms with Gasteiger partial charge in [0.2, 0.25) is 0 Å². The predicted octanol–water partition coefficient (Wildman–Crippen LogP) is 12.7. The van der Waals surface area contributed by atoms with Crippen LogP contribution in [0.5, 0.6) is 0 Å². The zero-order chi connectivity index (χ0) is 32.8. The molecule has 50 heavy (non-hydrogen) atoms. The summed E-state index contributed by atoms with van der Waals surface area (Å²) in [6, 6.07) is 48.5. The molecular weight excluding hydrogens is 629 g/mol. The zero-order valence-corrected chi connectivity index (χ0v) is 28.4. The van der Waals surface area contributed by atoms with E-state index in [1.807, 2.05) is 11.3 Å². The Morgan fingerprint density at radius 3 is 2.32 bits per heavy atom. The lowest BCUT2D eigenvalue weighted by molar-refractivity contribution is 0.353. The van der Waals surface area contributed by atoms with Gasteiger partial charge in [0.25, 0.3) is 0 Å². The van der Waals surface area contributed by atoms with Crippen molar-refractivity contribution in [3.63, 3.8) is 0 Å². The fourth-order valence-electron chi connectivity index (χ4n) is 9.32. The van der Waals surface area contributed by atoms with Crippen LogP contribution in [-0.2, 0) is 5.41 Å². The van der Waals surface area contributed by atoms with Crippen molar-refractivity contribution in [3.05, 3.63) is 161 Å². The lowest BCUT2D eigenvalue weighted by Crippen LogP contribution is -2.27. The number of hydrogen-bond donors (Lipinski definition) is 1. The molecule has 0 amide bonds. The number of para-hydroxylation sites is 1. The van der Waals surface area contributed by atoms with Crippen LogP contribution in [-0.4, -0.2) is 5.84 Å². The van der Waals surface area contributed by atoms with Gasteiger partial charge in [0, 0.05) is 37.4 Å². The van der Waals surface area contributed by atoms with Crippen molar-refractivity contribution in [2.45, 2.75) is 43.6 Å². The Kier molecular flexibility index (Phi) is 6.12. The Balaban J connectivity index is 1.09. The maximum absolute atomic E-state index is 6.94. The van der Waals surface area contributed by atoms with Gasteiger partial charge in [-0.3, -0.25) is 4.99 Å². The van der Waals surface area contributed by atoms with E-state index in [-0.39, 0.29) is 11.5 Å². The molecule has 6 aromatic carbocycles. The molecule has 1 spiro atoms. The van der Waals surface area contributed by atoms with E-state index in [9.17, 15) is 0 Å². The molecule has 11 rings (SSSR count). The number of nitrogens with zero attached hydrogens (tertiary/aromatic N) is 1. The lowest BCUT2D eigenvalue weighted by atomic mass is 9.68. The summed E-state index contributed by atoms with van der Waals surface area (Å²) in [6.07, 6.45) is 6.39. The molecule has 0 radical (unpaired) electrons. The second kappa shape index (κ2) is 10.8. The average Bonchev–Trinajstić information content (AvgIpc) is 3.83. The van der Waals surface area contributed by atoms with Crippen molar-refractivity contribution in [2.24, 2.45) is 4.99 Å².